The van der Waals surface area contributed by atoms with Gasteiger partial charge in [0, 0.05) is 25.8 Å². The van der Waals surface area contributed by atoms with Crippen LogP contribution in [-0.2, 0) is 4.79 Å². The predicted octanol–water partition coefficient (Wildman–Crippen LogP) is 0.297. The molecule has 1 atom stereocenters. The van der Waals surface area contributed by atoms with Gasteiger partial charge in [0.15, 0.2) is 6.10 Å². The molecule has 0 aliphatic heterocycles. The average Bonchev–Trinajstić information content (AvgIpc) is 2.30. The number of benzene rings is 1. The second kappa shape index (κ2) is 5.94. The molecule has 19 heavy (non-hydrogen) atoms. The number of nitrogens with two attached hydrogens (primary N) is 2. The van der Waals surface area contributed by atoms with Crippen LogP contribution >= 0.6 is 0 Å². The number of hydrogen-bond donors (Lipinski definition) is 3. The van der Waals surface area contributed by atoms with E-state index < -0.39 is 18.0 Å². The Balaban J connectivity index is 2.83. The van der Waals surface area contributed by atoms with Crippen LogP contribution in [-0.4, -0.2) is 32.1 Å². The first kappa shape index (κ1) is 14.6. The molecular weight excluding hydrogens is 248 g/mol. The zero-order valence-corrected chi connectivity index (χ0v) is 11.1. The number of carbonyl (C=O) groups excluding carboxylic acids is 2. The normalized spacial score (nSPS) is 11.5. The number of rotatable bonds is 4. The summed E-state index contributed by atoms with van der Waals surface area (Å²) in [5.41, 5.74) is 11.9. The summed E-state index contributed by atoms with van der Waals surface area (Å²) in [4.78, 5) is 24.0. The van der Waals surface area contributed by atoms with Gasteiger partial charge in [-0.15, -0.1) is 0 Å². The zero-order valence-electron chi connectivity index (χ0n) is 11.1. The van der Waals surface area contributed by atoms with Gasteiger partial charge in [-0.05, 0) is 19.1 Å². The van der Waals surface area contributed by atoms with Gasteiger partial charge < -0.3 is 21.1 Å². The summed E-state index contributed by atoms with van der Waals surface area (Å²) >= 11 is 0. The molecule has 3 amide bonds. The van der Waals surface area contributed by atoms with E-state index in [9.17, 15) is 9.59 Å². The monoisotopic (exact) mass is 266 g/mol. The van der Waals surface area contributed by atoms with E-state index in [-0.39, 0.29) is 0 Å². The number of urea groups is 1. The summed E-state index contributed by atoms with van der Waals surface area (Å²) < 4.78 is 5.43. The Hall–Kier alpha value is -2.44. The largest absolute Gasteiger partial charge is 0.479 e. The first-order chi connectivity index (χ1) is 8.81. The molecule has 1 aromatic carbocycles. The third-order valence-electron chi connectivity index (χ3n) is 2.43. The van der Waals surface area contributed by atoms with E-state index in [1.165, 1.54) is 6.92 Å². The number of nitrogens with one attached hydrogen (secondary N) is 1. The van der Waals surface area contributed by atoms with Crippen molar-refractivity contribution in [2.45, 2.75) is 13.0 Å². The lowest BCUT2D eigenvalue weighted by Gasteiger charge is -2.18. The van der Waals surface area contributed by atoms with Crippen LogP contribution in [0.15, 0.2) is 18.2 Å². The van der Waals surface area contributed by atoms with Crippen molar-refractivity contribution in [3.05, 3.63) is 18.2 Å². The van der Waals surface area contributed by atoms with E-state index in [0.29, 0.717) is 11.4 Å². The van der Waals surface area contributed by atoms with Crippen molar-refractivity contribution in [3.8, 4) is 5.75 Å². The Kier molecular flexibility index (Phi) is 4.57. The third-order valence-corrected chi connectivity index (χ3v) is 2.43. The molecule has 0 saturated heterocycles. The lowest BCUT2D eigenvalue weighted by atomic mass is 10.2. The lowest BCUT2D eigenvalue weighted by molar-refractivity contribution is -0.126. The van der Waals surface area contributed by atoms with Gasteiger partial charge in [-0.2, -0.15) is 0 Å². The SMILES string of the molecule is CC(Oc1cc(N(C)C)ccc1N)C(=O)NC(N)=O. The van der Waals surface area contributed by atoms with Crippen molar-refractivity contribution in [2.24, 2.45) is 5.73 Å². The van der Waals surface area contributed by atoms with Crippen LogP contribution in [0.25, 0.3) is 0 Å². The molecular formula is C12H18N4O3. The molecule has 104 valence electrons. The molecule has 0 fully saturated rings. The van der Waals surface area contributed by atoms with Crippen LogP contribution < -0.4 is 26.4 Å². The highest BCUT2D eigenvalue weighted by atomic mass is 16.5. The molecule has 0 bridgehead atoms. The molecule has 0 radical (unpaired) electrons. The quantitative estimate of drug-likeness (QED) is 0.679. The minimum atomic E-state index is -0.921. The molecule has 0 aliphatic rings. The Morgan fingerprint density at radius 1 is 1.37 bits per heavy atom. The molecule has 1 rings (SSSR count). The maximum absolute atomic E-state index is 11.5. The first-order valence-corrected chi connectivity index (χ1v) is 5.65. The number of imide groups is 1. The van der Waals surface area contributed by atoms with Gasteiger partial charge in [0.05, 0.1) is 5.69 Å². The highest BCUT2D eigenvalue weighted by molar-refractivity contribution is 5.95. The van der Waals surface area contributed by atoms with Crippen LogP contribution in [0.2, 0.25) is 0 Å². The second-order valence-electron chi connectivity index (χ2n) is 4.23. The van der Waals surface area contributed by atoms with Crippen LogP contribution in [0, 0.1) is 0 Å². The number of amides is 3. The topological polar surface area (TPSA) is 111 Å². The van der Waals surface area contributed by atoms with Crippen molar-refractivity contribution in [3.63, 3.8) is 0 Å². The number of primary amides is 1. The zero-order chi connectivity index (χ0) is 14.6. The Labute approximate surface area is 111 Å². The van der Waals surface area contributed by atoms with E-state index in [2.05, 4.69) is 0 Å². The lowest BCUT2D eigenvalue weighted by Crippen LogP contribution is -2.42. The standard InChI is InChI=1S/C12H18N4O3/c1-7(11(17)15-12(14)18)19-10-6-8(16(2)3)4-5-9(10)13/h4-7H,13H2,1-3H3,(H3,14,15,17,18). The van der Waals surface area contributed by atoms with Crippen LogP contribution in [0.5, 0.6) is 5.75 Å². The van der Waals surface area contributed by atoms with Crippen molar-refractivity contribution in [1.82, 2.24) is 5.32 Å². The van der Waals surface area contributed by atoms with Crippen molar-refractivity contribution in [1.29, 1.82) is 0 Å². The Bertz CT molecular complexity index is 488. The maximum Gasteiger partial charge on any atom is 0.318 e. The van der Waals surface area contributed by atoms with Crippen LogP contribution in [0.3, 0.4) is 0 Å². The Morgan fingerprint density at radius 3 is 2.53 bits per heavy atom. The maximum atomic E-state index is 11.5. The molecule has 7 nitrogen and oxygen atoms in total. The molecule has 0 aromatic heterocycles. The number of nitrogens with zero attached hydrogens (tertiary/aromatic N) is 1. The highest BCUT2D eigenvalue weighted by Crippen LogP contribution is 2.27. The van der Waals surface area contributed by atoms with Gasteiger partial charge in [-0.3, -0.25) is 10.1 Å². The number of ether oxygens (including phenoxy) is 1. The Morgan fingerprint density at radius 2 is 2.00 bits per heavy atom. The van der Waals surface area contributed by atoms with Gasteiger partial charge in [0.25, 0.3) is 5.91 Å². The number of carbonyl (C=O) groups is 2. The minimum absolute atomic E-state index is 0.373. The van der Waals surface area contributed by atoms with E-state index in [1.54, 1.807) is 12.1 Å². The fraction of sp³-hybridized carbons (Fsp3) is 0.333. The summed E-state index contributed by atoms with van der Waals surface area (Å²) in [6, 6.07) is 4.30. The molecule has 0 saturated carbocycles. The van der Waals surface area contributed by atoms with Crippen molar-refractivity contribution >= 4 is 23.3 Å². The van der Waals surface area contributed by atoms with Crippen molar-refractivity contribution < 1.29 is 14.3 Å². The molecule has 5 N–H and O–H groups in total. The molecule has 7 heteroatoms. The summed E-state index contributed by atoms with van der Waals surface area (Å²) in [6.45, 7) is 1.50. The molecule has 1 aromatic rings. The average molecular weight is 266 g/mol. The van der Waals surface area contributed by atoms with E-state index in [1.807, 2.05) is 30.4 Å². The first-order valence-electron chi connectivity index (χ1n) is 5.65. The summed E-state index contributed by atoms with van der Waals surface area (Å²) in [6.07, 6.45) is -0.882. The fourth-order valence-electron chi connectivity index (χ4n) is 1.37. The van der Waals surface area contributed by atoms with E-state index in [4.69, 9.17) is 16.2 Å². The fourth-order valence-corrected chi connectivity index (χ4v) is 1.37. The minimum Gasteiger partial charge on any atom is -0.479 e. The van der Waals surface area contributed by atoms with Gasteiger partial charge in [0.2, 0.25) is 0 Å². The van der Waals surface area contributed by atoms with Gasteiger partial charge in [-0.1, -0.05) is 0 Å². The predicted molar refractivity (Wildman–Crippen MR) is 73.0 cm³/mol. The number of hydrogen-bond acceptors (Lipinski definition) is 5. The van der Waals surface area contributed by atoms with Gasteiger partial charge in [-0.25, -0.2) is 4.79 Å². The van der Waals surface area contributed by atoms with Gasteiger partial charge >= 0.3 is 6.03 Å². The number of nitrogen functional groups attached to an aromatic ring is 1. The van der Waals surface area contributed by atoms with E-state index >= 15 is 0 Å². The summed E-state index contributed by atoms with van der Waals surface area (Å²) in [5, 5.41) is 1.94. The summed E-state index contributed by atoms with van der Waals surface area (Å²) in [5.74, 6) is -0.250. The smallest absolute Gasteiger partial charge is 0.318 e. The molecule has 1 unspecified atom stereocenters. The molecule has 0 aliphatic carbocycles. The van der Waals surface area contributed by atoms with Gasteiger partial charge in [0.1, 0.15) is 5.75 Å². The van der Waals surface area contributed by atoms with Crippen molar-refractivity contribution in [2.75, 3.05) is 24.7 Å². The van der Waals surface area contributed by atoms with E-state index in [0.717, 1.165) is 5.69 Å². The second-order valence-corrected chi connectivity index (χ2v) is 4.23. The summed E-state index contributed by atoms with van der Waals surface area (Å²) in [7, 11) is 3.75. The van der Waals surface area contributed by atoms with Crippen LogP contribution in [0.4, 0.5) is 16.2 Å². The number of anilines is 2. The molecule has 0 spiro atoms. The highest BCUT2D eigenvalue weighted by Gasteiger charge is 2.17. The molecule has 0 heterocycles. The van der Waals surface area contributed by atoms with Crippen LogP contribution in [0.1, 0.15) is 6.92 Å². The third kappa shape index (κ3) is 4.06.